The molecule has 0 bridgehead atoms. The highest BCUT2D eigenvalue weighted by Crippen LogP contribution is 2.23. The van der Waals surface area contributed by atoms with Crippen molar-refractivity contribution >= 4 is 5.91 Å². The first-order valence-corrected chi connectivity index (χ1v) is 7.88. The smallest absolute Gasteiger partial charge is 0.274 e. The Morgan fingerprint density at radius 2 is 1.79 bits per heavy atom. The molecule has 1 aromatic carbocycles. The van der Waals surface area contributed by atoms with Gasteiger partial charge in [-0.15, -0.1) is 0 Å². The molecule has 122 valence electrons. The number of carbonyl (C=O) groups is 1. The zero-order valence-corrected chi connectivity index (χ0v) is 13.7. The molecule has 0 unspecified atom stereocenters. The van der Waals surface area contributed by atoms with Crippen molar-refractivity contribution in [1.29, 1.82) is 0 Å². The summed E-state index contributed by atoms with van der Waals surface area (Å²) in [6.07, 6.45) is 5.36. The summed E-state index contributed by atoms with van der Waals surface area (Å²) in [5, 5.41) is 3.06. The van der Waals surface area contributed by atoms with Gasteiger partial charge in [-0.1, -0.05) is 36.8 Å². The van der Waals surface area contributed by atoms with Gasteiger partial charge in [-0.05, 0) is 30.2 Å². The quantitative estimate of drug-likeness (QED) is 0.781. The van der Waals surface area contributed by atoms with Crippen LogP contribution in [0.15, 0.2) is 59.6 Å². The highest BCUT2D eigenvalue weighted by Gasteiger charge is 2.21. The maximum atomic E-state index is 12.7. The molecule has 2 aromatic heterocycles. The summed E-state index contributed by atoms with van der Waals surface area (Å²) in [4.78, 5) is 20.8. The van der Waals surface area contributed by atoms with E-state index in [0.29, 0.717) is 17.9 Å². The van der Waals surface area contributed by atoms with Gasteiger partial charge >= 0.3 is 0 Å². The molecule has 0 saturated heterocycles. The van der Waals surface area contributed by atoms with E-state index in [9.17, 15) is 4.79 Å². The fourth-order valence-electron chi connectivity index (χ4n) is 2.58. The topological polar surface area (TPSA) is 68.0 Å². The summed E-state index contributed by atoms with van der Waals surface area (Å²) in [6.45, 7) is 3.96. The lowest BCUT2D eigenvalue weighted by Gasteiger charge is -2.19. The van der Waals surface area contributed by atoms with Crippen molar-refractivity contribution in [2.24, 2.45) is 0 Å². The van der Waals surface area contributed by atoms with Crippen LogP contribution in [0.1, 0.15) is 45.9 Å². The molecule has 0 fully saturated rings. The molecule has 0 saturated carbocycles. The van der Waals surface area contributed by atoms with Crippen LogP contribution in [0, 0.1) is 6.92 Å². The summed E-state index contributed by atoms with van der Waals surface area (Å²) >= 11 is 0. The second kappa shape index (κ2) is 7.08. The van der Waals surface area contributed by atoms with Gasteiger partial charge in [-0.3, -0.25) is 9.78 Å². The summed E-state index contributed by atoms with van der Waals surface area (Å²) in [5.41, 5.74) is 3.47. The lowest BCUT2D eigenvalue weighted by atomic mass is 9.98. The van der Waals surface area contributed by atoms with Crippen LogP contribution in [0.3, 0.4) is 0 Å². The number of benzene rings is 1. The van der Waals surface area contributed by atoms with Gasteiger partial charge in [0.05, 0.1) is 6.04 Å². The molecule has 1 N–H and O–H groups in total. The van der Waals surface area contributed by atoms with Crippen LogP contribution in [0.2, 0.25) is 0 Å². The Hall–Kier alpha value is -2.95. The van der Waals surface area contributed by atoms with Crippen LogP contribution in [0.25, 0.3) is 0 Å². The molecular formula is C19H19N3O2. The maximum absolute atomic E-state index is 12.7. The number of nitrogens with zero attached hydrogens (tertiary/aromatic N) is 2. The normalized spacial score (nSPS) is 11.9. The molecule has 0 spiro atoms. The monoisotopic (exact) mass is 321 g/mol. The first-order chi connectivity index (χ1) is 11.7. The molecule has 3 rings (SSSR count). The van der Waals surface area contributed by atoms with Crippen LogP contribution >= 0.6 is 0 Å². The third kappa shape index (κ3) is 3.35. The average Bonchev–Trinajstić information content (AvgIpc) is 3.10. The van der Waals surface area contributed by atoms with E-state index >= 15 is 0 Å². The standard InChI is InChI=1S/C19H19N3O2/c1-3-16-18(21-12-24-16)19(23)22-17(15-8-10-20-11-9-15)14-6-4-13(2)5-7-14/h4-12,17H,3H2,1-2H3,(H,22,23)/t17-/m0/s1. The summed E-state index contributed by atoms with van der Waals surface area (Å²) in [7, 11) is 0. The fraction of sp³-hybridized carbons (Fsp3) is 0.211. The molecule has 0 aliphatic rings. The van der Waals surface area contributed by atoms with E-state index in [0.717, 1.165) is 11.1 Å². The van der Waals surface area contributed by atoms with Gasteiger partial charge in [-0.2, -0.15) is 0 Å². The highest BCUT2D eigenvalue weighted by molar-refractivity contribution is 5.93. The van der Waals surface area contributed by atoms with Crippen molar-refractivity contribution in [1.82, 2.24) is 15.3 Å². The Morgan fingerprint density at radius 1 is 1.12 bits per heavy atom. The lowest BCUT2D eigenvalue weighted by molar-refractivity contribution is 0.0936. The van der Waals surface area contributed by atoms with E-state index in [2.05, 4.69) is 15.3 Å². The second-order valence-electron chi connectivity index (χ2n) is 5.58. The number of hydrogen-bond acceptors (Lipinski definition) is 4. The largest absolute Gasteiger partial charge is 0.448 e. The Kier molecular flexibility index (Phi) is 4.70. The molecule has 0 aliphatic carbocycles. The number of amides is 1. The molecule has 1 atom stereocenters. The van der Waals surface area contributed by atoms with Gasteiger partial charge in [-0.25, -0.2) is 4.98 Å². The molecule has 5 heteroatoms. The minimum atomic E-state index is -0.275. The lowest BCUT2D eigenvalue weighted by Crippen LogP contribution is -2.30. The van der Waals surface area contributed by atoms with Crippen molar-refractivity contribution in [3.8, 4) is 0 Å². The number of oxazole rings is 1. The first-order valence-electron chi connectivity index (χ1n) is 7.88. The van der Waals surface area contributed by atoms with E-state index in [1.54, 1.807) is 12.4 Å². The van der Waals surface area contributed by atoms with E-state index in [-0.39, 0.29) is 11.9 Å². The Morgan fingerprint density at radius 3 is 2.46 bits per heavy atom. The number of hydrogen-bond donors (Lipinski definition) is 1. The molecular weight excluding hydrogens is 302 g/mol. The maximum Gasteiger partial charge on any atom is 0.274 e. The number of aromatic nitrogens is 2. The number of nitrogens with one attached hydrogen (secondary N) is 1. The van der Waals surface area contributed by atoms with E-state index in [1.165, 1.54) is 12.0 Å². The van der Waals surface area contributed by atoms with Crippen LogP contribution in [0.5, 0.6) is 0 Å². The highest BCUT2D eigenvalue weighted by atomic mass is 16.3. The first kappa shape index (κ1) is 15.9. The van der Waals surface area contributed by atoms with Gasteiger partial charge in [0, 0.05) is 18.8 Å². The predicted molar refractivity (Wildman–Crippen MR) is 90.6 cm³/mol. The van der Waals surface area contributed by atoms with Gasteiger partial charge in [0.1, 0.15) is 5.76 Å². The van der Waals surface area contributed by atoms with Gasteiger partial charge in [0.15, 0.2) is 12.1 Å². The molecule has 0 radical (unpaired) electrons. The van der Waals surface area contributed by atoms with Crippen LogP contribution in [0.4, 0.5) is 0 Å². The van der Waals surface area contributed by atoms with E-state index < -0.39 is 0 Å². The van der Waals surface area contributed by atoms with Crippen molar-refractivity contribution in [2.45, 2.75) is 26.3 Å². The summed E-state index contributed by atoms with van der Waals surface area (Å²) in [6, 6.07) is 11.6. The number of rotatable bonds is 5. The van der Waals surface area contributed by atoms with Crippen LogP contribution in [-0.2, 0) is 6.42 Å². The zero-order valence-electron chi connectivity index (χ0n) is 13.7. The van der Waals surface area contributed by atoms with E-state index in [4.69, 9.17) is 4.42 Å². The van der Waals surface area contributed by atoms with Crippen molar-refractivity contribution < 1.29 is 9.21 Å². The Bertz CT molecular complexity index is 810. The molecule has 2 heterocycles. The van der Waals surface area contributed by atoms with Crippen molar-refractivity contribution in [3.63, 3.8) is 0 Å². The average molecular weight is 321 g/mol. The minimum Gasteiger partial charge on any atom is -0.448 e. The fourth-order valence-corrected chi connectivity index (χ4v) is 2.58. The number of pyridine rings is 1. The van der Waals surface area contributed by atoms with Crippen molar-refractivity contribution in [2.75, 3.05) is 0 Å². The second-order valence-corrected chi connectivity index (χ2v) is 5.58. The SMILES string of the molecule is CCc1ocnc1C(=O)N[C@H](c1ccncc1)c1ccc(C)cc1. The third-order valence-corrected chi connectivity index (χ3v) is 3.90. The number of carbonyl (C=O) groups excluding carboxylic acids is 1. The molecule has 1 amide bonds. The molecule has 0 aliphatic heterocycles. The van der Waals surface area contributed by atoms with Gasteiger partial charge in [0.2, 0.25) is 0 Å². The van der Waals surface area contributed by atoms with Gasteiger partial charge < -0.3 is 9.73 Å². The molecule has 5 nitrogen and oxygen atoms in total. The third-order valence-electron chi connectivity index (χ3n) is 3.90. The van der Waals surface area contributed by atoms with Gasteiger partial charge in [0.25, 0.3) is 5.91 Å². The summed E-state index contributed by atoms with van der Waals surface area (Å²) < 4.78 is 5.26. The Labute approximate surface area is 140 Å². The number of aryl methyl sites for hydroxylation is 2. The molecule has 24 heavy (non-hydrogen) atoms. The van der Waals surface area contributed by atoms with E-state index in [1.807, 2.05) is 50.2 Å². The minimum absolute atomic E-state index is 0.247. The van der Waals surface area contributed by atoms with Crippen molar-refractivity contribution in [3.05, 3.63) is 83.3 Å². The zero-order chi connectivity index (χ0) is 16.9. The Balaban J connectivity index is 1.93. The molecule has 3 aromatic rings. The van der Waals surface area contributed by atoms with Crippen LogP contribution < -0.4 is 5.32 Å². The predicted octanol–water partition coefficient (Wildman–Crippen LogP) is 3.46. The van der Waals surface area contributed by atoms with Crippen LogP contribution in [-0.4, -0.2) is 15.9 Å². The summed E-state index contributed by atoms with van der Waals surface area (Å²) in [5.74, 6) is 0.341.